The number of aromatic nitrogens is 2. The maximum atomic E-state index is 9.51. The van der Waals surface area contributed by atoms with Crippen molar-refractivity contribution >= 4 is 11.0 Å². The smallest absolute Gasteiger partial charge is 0.119 e. The Labute approximate surface area is 129 Å². The summed E-state index contributed by atoms with van der Waals surface area (Å²) in [7, 11) is 0. The van der Waals surface area contributed by atoms with Gasteiger partial charge in [-0.05, 0) is 42.8 Å². The molecule has 4 heteroatoms. The molecule has 0 fully saturated rings. The number of para-hydroxylation sites is 2. The minimum absolute atomic E-state index is 0.311. The van der Waals surface area contributed by atoms with Crippen LogP contribution in [-0.2, 0) is 0 Å². The first-order valence-electron chi connectivity index (χ1n) is 7.39. The number of hydrogen-bond acceptors (Lipinski definition) is 4. The molecule has 1 atom stereocenters. The second-order valence-electron chi connectivity index (χ2n) is 5.14. The van der Waals surface area contributed by atoms with Crippen LogP contribution in [0.3, 0.4) is 0 Å². The molecule has 0 aliphatic rings. The van der Waals surface area contributed by atoms with Crippen molar-refractivity contribution in [2.75, 3.05) is 6.61 Å². The highest BCUT2D eigenvalue weighted by atomic mass is 16.5. The van der Waals surface area contributed by atoms with E-state index in [1.54, 1.807) is 6.20 Å². The summed E-state index contributed by atoms with van der Waals surface area (Å²) in [4.78, 5) is 9.04. The molecular formula is C18H18N2O2. The van der Waals surface area contributed by atoms with Crippen LogP contribution in [0.4, 0.5) is 0 Å². The fourth-order valence-electron chi connectivity index (χ4n) is 2.13. The molecule has 3 rings (SSSR count). The predicted molar refractivity (Wildman–Crippen MR) is 86.8 cm³/mol. The first-order chi connectivity index (χ1) is 10.8. The van der Waals surface area contributed by atoms with Crippen molar-refractivity contribution in [3.05, 3.63) is 54.7 Å². The second kappa shape index (κ2) is 6.54. The number of hydrogen-bond donors (Lipinski definition) is 1. The van der Waals surface area contributed by atoms with Gasteiger partial charge in [0.25, 0.3) is 0 Å². The van der Waals surface area contributed by atoms with Gasteiger partial charge in [0, 0.05) is 5.56 Å². The van der Waals surface area contributed by atoms with Crippen LogP contribution in [-0.4, -0.2) is 27.8 Å². The van der Waals surface area contributed by atoms with Crippen LogP contribution in [0.25, 0.3) is 22.3 Å². The topological polar surface area (TPSA) is 55.2 Å². The minimum atomic E-state index is -0.425. The summed E-state index contributed by atoms with van der Waals surface area (Å²) in [6.45, 7) is 2.24. The molecule has 0 aliphatic heterocycles. The molecule has 0 saturated carbocycles. The molecule has 0 radical (unpaired) electrons. The van der Waals surface area contributed by atoms with Crippen molar-refractivity contribution in [1.29, 1.82) is 0 Å². The zero-order valence-corrected chi connectivity index (χ0v) is 12.4. The summed E-state index contributed by atoms with van der Waals surface area (Å²) in [6.07, 6.45) is 2.04. The lowest BCUT2D eigenvalue weighted by atomic mass is 10.1. The third-order valence-electron chi connectivity index (χ3n) is 3.51. The van der Waals surface area contributed by atoms with Crippen molar-refractivity contribution in [3.8, 4) is 17.0 Å². The maximum Gasteiger partial charge on any atom is 0.119 e. The number of ether oxygens (including phenoxy) is 1. The Morgan fingerprint density at radius 1 is 1.05 bits per heavy atom. The van der Waals surface area contributed by atoms with E-state index in [9.17, 15) is 5.11 Å². The molecule has 0 saturated heterocycles. The highest BCUT2D eigenvalue weighted by molar-refractivity contribution is 5.76. The van der Waals surface area contributed by atoms with Crippen LogP contribution in [0, 0.1) is 0 Å². The number of benzene rings is 2. The van der Waals surface area contributed by atoms with Gasteiger partial charge in [-0.2, -0.15) is 0 Å². The number of aliphatic hydroxyl groups is 1. The summed E-state index contributed by atoms with van der Waals surface area (Å²) in [6, 6.07) is 15.5. The lowest BCUT2D eigenvalue weighted by Gasteiger charge is -2.10. The number of aliphatic hydroxyl groups excluding tert-OH is 1. The van der Waals surface area contributed by atoms with E-state index in [-0.39, 0.29) is 0 Å². The van der Waals surface area contributed by atoms with Crippen LogP contribution in [0.15, 0.2) is 54.7 Å². The maximum absolute atomic E-state index is 9.51. The molecule has 2 aromatic carbocycles. The Hall–Kier alpha value is -2.46. The highest BCUT2D eigenvalue weighted by Gasteiger charge is 2.05. The fourth-order valence-corrected chi connectivity index (χ4v) is 2.13. The molecule has 4 nitrogen and oxygen atoms in total. The third kappa shape index (κ3) is 3.23. The molecule has 0 aliphatic carbocycles. The second-order valence-corrected chi connectivity index (χ2v) is 5.14. The number of fused-ring (bicyclic) bond motifs is 1. The van der Waals surface area contributed by atoms with Crippen molar-refractivity contribution in [2.24, 2.45) is 0 Å². The molecule has 112 valence electrons. The Morgan fingerprint density at radius 3 is 2.50 bits per heavy atom. The van der Waals surface area contributed by atoms with Crippen molar-refractivity contribution < 1.29 is 9.84 Å². The van der Waals surface area contributed by atoms with Gasteiger partial charge in [0.05, 0.1) is 29.0 Å². The zero-order valence-electron chi connectivity index (χ0n) is 12.4. The van der Waals surface area contributed by atoms with E-state index in [2.05, 4.69) is 9.97 Å². The first kappa shape index (κ1) is 14.5. The Morgan fingerprint density at radius 2 is 1.77 bits per heavy atom. The summed E-state index contributed by atoms with van der Waals surface area (Å²) in [5.41, 5.74) is 3.59. The average Bonchev–Trinajstić information content (AvgIpc) is 2.59. The van der Waals surface area contributed by atoms with Crippen LogP contribution >= 0.6 is 0 Å². The molecule has 1 aromatic heterocycles. The van der Waals surface area contributed by atoms with Gasteiger partial charge in [0.15, 0.2) is 0 Å². The highest BCUT2D eigenvalue weighted by Crippen LogP contribution is 2.22. The largest absolute Gasteiger partial charge is 0.491 e. The van der Waals surface area contributed by atoms with Crippen molar-refractivity contribution in [2.45, 2.75) is 19.4 Å². The van der Waals surface area contributed by atoms with Crippen LogP contribution in [0.5, 0.6) is 5.75 Å². The van der Waals surface area contributed by atoms with E-state index in [0.717, 1.165) is 28.0 Å². The van der Waals surface area contributed by atoms with E-state index in [1.807, 2.05) is 55.5 Å². The van der Waals surface area contributed by atoms with E-state index in [1.165, 1.54) is 0 Å². The van der Waals surface area contributed by atoms with E-state index in [0.29, 0.717) is 13.0 Å². The van der Waals surface area contributed by atoms with Crippen LogP contribution in [0.2, 0.25) is 0 Å². The summed E-state index contributed by atoms with van der Waals surface area (Å²) in [5, 5.41) is 9.51. The zero-order chi connectivity index (χ0) is 15.4. The van der Waals surface area contributed by atoms with E-state index in [4.69, 9.17) is 4.74 Å². The molecule has 3 aromatic rings. The minimum Gasteiger partial charge on any atom is -0.491 e. The van der Waals surface area contributed by atoms with Gasteiger partial charge in [-0.3, -0.25) is 4.98 Å². The summed E-state index contributed by atoms with van der Waals surface area (Å²) in [5.74, 6) is 0.741. The molecule has 0 amide bonds. The van der Waals surface area contributed by atoms with E-state index < -0.39 is 6.10 Å². The van der Waals surface area contributed by atoms with Crippen molar-refractivity contribution in [3.63, 3.8) is 0 Å². The summed E-state index contributed by atoms with van der Waals surface area (Å²) < 4.78 is 5.53. The number of rotatable bonds is 5. The van der Waals surface area contributed by atoms with Gasteiger partial charge in [-0.25, -0.2) is 4.98 Å². The third-order valence-corrected chi connectivity index (χ3v) is 3.51. The number of nitrogens with zero attached hydrogens (tertiary/aromatic N) is 2. The Kier molecular flexibility index (Phi) is 4.30. The first-order valence-corrected chi connectivity index (χ1v) is 7.39. The van der Waals surface area contributed by atoms with Gasteiger partial charge < -0.3 is 9.84 Å². The Bertz CT molecular complexity index is 756. The molecule has 0 bridgehead atoms. The van der Waals surface area contributed by atoms with Gasteiger partial charge in [-0.15, -0.1) is 0 Å². The summed E-state index contributed by atoms with van der Waals surface area (Å²) >= 11 is 0. The lowest BCUT2D eigenvalue weighted by Crippen LogP contribution is -2.15. The van der Waals surface area contributed by atoms with Gasteiger partial charge in [0.2, 0.25) is 0 Å². The molecule has 1 heterocycles. The van der Waals surface area contributed by atoms with Crippen LogP contribution < -0.4 is 4.74 Å². The van der Waals surface area contributed by atoms with Gasteiger partial charge in [0.1, 0.15) is 12.4 Å². The van der Waals surface area contributed by atoms with E-state index >= 15 is 0 Å². The molecule has 0 spiro atoms. The van der Waals surface area contributed by atoms with Gasteiger partial charge in [-0.1, -0.05) is 19.1 Å². The molecular weight excluding hydrogens is 276 g/mol. The van der Waals surface area contributed by atoms with Gasteiger partial charge >= 0.3 is 0 Å². The fraction of sp³-hybridized carbons (Fsp3) is 0.222. The average molecular weight is 294 g/mol. The quantitative estimate of drug-likeness (QED) is 0.783. The SMILES string of the molecule is CC[C@H](O)COc1ccc(-c2cnc3ccccc3n2)cc1. The molecule has 22 heavy (non-hydrogen) atoms. The molecule has 0 unspecified atom stereocenters. The monoisotopic (exact) mass is 294 g/mol. The van der Waals surface area contributed by atoms with Crippen molar-refractivity contribution in [1.82, 2.24) is 9.97 Å². The Balaban J connectivity index is 1.79. The van der Waals surface area contributed by atoms with Crippen LogP contribution in [0.1, 0.15) is 13.3 Å². The standard InChI is InChI=1S/C18H18N2O2/c1-2-14(21)12-22-15-9-7-13(8-10-15)18-11-19-16-5-3-4-6-17(16)20-18/h3-11,14,21H,2,12H2,1H3/t14-/m0/s1. The normalized spacial score (nSPS) is 12.3. The molecule has 1 N–H and O–H groups in total. The predicted octanol–water partition coefficient (Wildman–Crippen LogP) is 3.45. The lowest BCUT2D eigenvalue weighted by molar-refractivity contribution is 0.104.